The van der Waals surface area contributed by atoms with Gasteiger partial charge in [0.1, 0.15) is 0 Å². The molecule has 0 aliphatic rings. The van der Waals surface area contributed by atoms with E-state index in [1.807, 2.05) is 26.0 Å². The number of aromatic nitrogens is 3. The number of hydrogen-bond acceptors (Lipinski definition) is 3. The van der Waals surface area contributed by atoms with Crippen molar-refractivity contribution in [3.05, 3.63) is 64.0 Å². The molecule has 136 valence electrons. The average Bonchev–Trinajstić information content (AvgIpc) is 2.90. The Bertz CT molecular complexity index is 1010. The van der Waals surface area contributed by atoms with Crippen LogP contribution in [0.3, 0.4) is 0 Å². The van der Waals surface area contributed by atoms with E-state index in [0.717, 1.165) is 24.4 Å². The Kier molecular flexibility index (Phi) is 5.07. The van der Waals surface area contributed by atoms with Crippen LogP contribution in [0.25, 0.3) is 10.9 Å². The van der Waals surface area contributed by atoms with Crippen LogP contribution in [0.2, 0.25) is 0 Å². The van der Waals surface area contributed by atoms with Gasteiger partial charge in [0.2, 0.25) is 0 Å². The quantitative estimate of drug-likeness (QED) is 0.636. The molecule has 0 unspecified atom stereocenters. The number of para-hydroxylation sites is 1. The third kappa shape index (κ3) is 3.47. The second-order valence-electron chi connectivity index (χ2n) is 7.24. The van der Waals surface area contributed by atoms with Crippen LogP contribution in [0.15, 0.2) is 41.5 Å². The molecule has 0 radical (unpaired) electrons. The van der Waals surface area contributed by atoms with Gasteiger partial charge in [-0.25, -0.2) is 4.98 Å². The predicted molar refractivity (Wildman–Crippen MR) is 104 cm³/mol. The number of fused-ring (bicyclic) bond motifs is 1. The number of hydrogen-bond donors (Lipinski definition) is 0. The summed E-state index contributed by atoms with van der Waals surface area (Å²) in [6.07, 6.45) is 2.53. The van der Waals surface area contributed by atoms with Crippen molar-refractivity contribution in [1.82, 2.24) is 14.1 Å². The number of carbonyl (C=O) groups excluding carboxylic acids is 1. The molecule has 3 aromatic rings. The van der Waals surface area contributed by atoms with Crippen LogP contribution in [0.4, 0.5) is 0 Å². The highest BCUT2D eigenvalue weighted by Gasteiger charge is 2.17. The van der Waals surface area contributed by atoms with Crippen molar-refractivity contribution < 1.29 is 4.79 Å². The van der Waals surface area contributed by atoms with Crippen LogP contribution in [-0.2, 0) is 13.1 Å². The average molecular weight is 351 g/mol. The van der Waals surface area contributed by atoms with E-state index in [-0.39, 0.29) is 17.9 Å². The van der Waals surface area contributed by atoms with Crippen LogP contribution in [0.5, 0.6) is 0 Å². The number of Topliss-reactive ketones (excluding diaryl/α,β-unsaturated/α-hetero) is 1. The first-order valence-electron chi connectivity index (χ1n) is 9.02. The minimum atomic E-state index is -0.183. The van der Waals surface area contributed by atoms with Crippen molar-refractivity contribution in [1.29, 1.82) is 0 Å². The van der Waals surface area contributed by atoms with E-state index in [1.165, 1.54) is 10.9 Å². The molecule has 0 fully saturated rings. The molecule has 0 amide bonds. The largest absolute Gasteiger partial charge is 0.348 e. The summed E-state index contributed by atoms with van der Waals surface area (Å²) in [4.78, 5) is 29.7. The smallest absolute Gasteiger partial charge is 0.261 e. The highest BCUT2D eigenvalue weighted by Crippen LogP contribution is 2.18. The number of ketones is 1. The Morgan fingerprint density at radius 1 is 1.19 bits per heavy atom. The molecule has 0 bridgehead atoms. The Balaban J connectivity index is 1.88. The molecule has 0 atom stereocenters. The SMILES string of the molecule is Cc1cc(C(=O)Cn2cnc3ccccc3c2=O)c(C)n1CCC(C)C. The van der Waals surface area contributed by atoms with Gasteiger partial charge in [0.15, 0.2) is 5.78 Å². The molecule has 0 N–H and O–H groups in total. The number of rotatable bonds is 6. The molecule has 5 heteroatoms. The van der Waals surface area contributed by atoms with Gasteiger partial charge in [-0.2, -0.15) is 0 Å². The highest BCUT2D eigenvalue weighted by molar-refractivity contribution is 5.97. The second kappa shape index (κ2) is 7.28. The molecule has 0 spiro atoms. The molecule has 2 heterocycles. The van der Waals surface area contributed by atoms with Gasteiger partial charge in [0, 0.05) is 23.5 Å². The Hall–Kier alpha value is -2.69. The molecule has 3 rings (SSSR count). The van der Waals surface area contributed by atoms with E-state index >= 15 is 0 Å². The van der Waals surface area contributed by atoms with Crippen molar-refractivity contribution >= 4 is 16.7 Å². The van der Waals surface area contributed by atoms with Crippen molar-refractivity contribution in [3.8, 4) is 0 Å². The topological polar surface area (TPSA) is 56.9 Å². The maximum Gasteiger partial charge on any atom is 0.261 e. The summed E-state index contributed by atoms with van der Waals surface area (Å²) in [5, 5.41) is 0.533. The van der Waals surface area contributed by atoms with Crippen molar-refractivity contribution in [2.75, 3.05) is 0 Å². The first-order chi connectivity index (χ1) is 12.4. The van der Waals surface area contributed by atoms with Crippen LogP contribution in [0.1, 0.15) is 42.0 Å². The van der Waals surface area contributed by atoms with Crippen LogP contribution >= 0.6 is 0 Å². The molecule has 26 heavy (non-hydrogen) atoms. The van der Waals surface area contributed by atoms with Gasteiger partial charge in [-0.3, -0.25) is 14.2 Å². The molecule has 2 aromatic heterocycles. The first kappa shape index (κ1) is 18.1. The number of nitrogens with zero attached hydrogens (tertiary/aromatic N) is 3. The second-order valence-corrected chi connectivity index (χ2v) is 7.24. The van der Waals surface area contributed by atoms with Crippen LogP contribution in [0, 0.1) is 19.8 Å². The summed E-state index contributed by atoms with van der Waals surface area (Å²) in [7, 11) is 0. The monoisotopic (exact) mass is 351 g/mol. The zero-order valence-corrected chi connectivity index (χ0v) is 15.8. The molecule has 0 aliphatic heterocycles. The van der Waals surface area contributed by atoms with E-state index in [9.17, 15) is 9.59 Å². The highest BCUT2D eigenvalue weighted by atomic mass is 16.1. The van der Waals surface area contributed by atoms with Crippen molar-refractivity contribution in [2.45, 2.75) is 47.2 Å². The van der Waals surface area contributed by atoms with Gasteiger partial charge in [0.25, 0.3) is 5.56 Å². The Morgan fingerprint density at radius 3 is 2.65 bits per heavy atom. The Labute approximate surface area is 153 Å². The zero-order valence-electron chi connectivity index (χ0n) is 15.8. The predicted octanol–water partition coefficient (Wildman–Crippen LogP) is 3.74. The lowest BCUT2D eigenvalue weighted by Crippen LogP contribution is -2.25. The van der Waals surface area contributed by atoms with E-state index in [1.54, 1.807) is 18.2 Å². The van der Waals surface area contributed by atoms with Crippen molar-refractivity contribution in [2.24, 2.45) is 5.92 Å². The van der Waals surface area contributed by atoms with Gasteiger partial charge in [0.05, 0.1) is 23.8 Å². The molecule has 0 aliphatic carbocycles. The minimum Gasteiger partial charge on any atom is -0.348 e. The summed E-state index contributed by atoms with van der Waals surface area (Å²) < 4.78 is 3.58. The third-order valence-electron chi connectivity index (χ3n) is 4.85. The number of aryl methyl sites for hydroxylation is 1. The molecule has 0 saturated heterocycles. The van der Waals surface area contributed by atoms with E-state index in [4.69, 9.17) is 0 Å². The fraction of sp³-hybridized carbons (Fsp3) is 0.381. The van der Waals surface area contributed by atoms with Gasteiger partial charge in [-0.15, -0.1) is 0 Å². The molecule has 0 saturated carbocycles. The minimum absolute atomic E-state index is 0.00510. The fourth-order valence-corrected chi connectivity index (χ4v) is 3.27. The van der Waals surface area contributed by atoms with Crippen LogP contribution < -0.4 is 5.56 Å². The first-order valence-corrected chi connectivity index (χ1v) is 9.02. The Morgan fingerprint density at radius 2 is 1.92 bits per heavy atom. The number of carbonyl (C=O) groups is 1. The molecule has 5 nitrogen and oxygen atoms in total. The lowest BCUT2D eigenvalue weighted by Gasteiger charge is -2.11. The lowest BCUT2D eigenvalue weighted by molar-refractivity contribution is 0.0970. The van der Waals surface area contributed by atoms with Gasteiger partial charge in [-0.1, -0.05) is 26.0 Å². The molecule has 1 aromatic carbocycles. The number of benzene rings is 1. The maximum atomic E-state index is 12.8. The summed E-state index contributed by atoms with van der Waals surface area (Å²) in [5.74, 6) is 0.547. The standard InChI is InChI=1S/C21H25N3O2/c1-14(2)9-10-24-15(3)11-18(16(24)4)20(25)12-23-13-22-19-8-6-5-7-17(19)21(23)26/h5-8,11,13-14H,9-10,12H2,1-4H3. The van der Waals surface area contributed by atoms with Crippen LogP contribution in [-0.4, -0.2) is 19.9 Å². The molecular weight excluding hydrogens is 326 g/mol. The van der Waals surface area contributed by atoms with Gasteiger partial charge < -0.3 is 4.57 Å². The summed E-state index contributed by atoms with van der Waals surface area (Å²) >= 11 is 0. The maximum absolute atomic E-state index is 12.8. The summed E-state index contributed by atoms with van der Waals surface area (Å²) in [6.45, 7) is 9.29. The van der Waals surface area contributed by atoms with E-state index < -0.39 is 0 Å². The third-order valence-corrected chi connectivity index (χ3v) is 4.85. The summed E-state index contributed by atoms with van der Waals surface area (Å²) in [5.41, 5.74) is 3.20. The normalized spacial score (nSPS) is 11.4. The molecular formula is C21H25N3O2. The fourth-order valence-electron chi connectivity index (χ4n) is 3.27. The zero-order chi connectivity index (χ0) is 18.8. The van der Waals surface area contributed by atoms with E-state index in [0.29, 0.717) is 22.4 Å². The lowest BCUT2D eigenvalue weighted by atomic mass is 10.1. The summed E-state index contributed by atoms with van der Waals surface area (Å²) in [6, 6.07) is 9.11. The van der Waals surface area contributed by atoms with Crippen molar-refractivity contribution in [3.63, 3.8) is 0 Å². The van der Waals surface area contributed by atoms with Gasteiger partial charge in [-0.05, 0) is 44.4 Å². The van der Waals surface area contributed by atoms with Gasteiger partial charge >= 0.3 is 0 Å². The van der Waals surface area contributed by atoms with E-state index in [2.05, 4.69) is 23.4 Å².